The minimum Gasteiger partial charge on any atom is -0.482 e. The molecule has 2 N–H and O–H groups in total. The average molecular weight is 365 g/mol. The highest BCUT2D eigenvalue weighted by Gasteiger charge is 2.41. The van der Waals surface area contributed by atoms with Crippen LogP contribution >= 0.6 is 0 Å². The number of anilines is 2. The molecule has 1 aromatic carbocycles. The van der Waals surface area contributed by atoms with Crippen LogP contribution in [0, 0.1) is 0 Å². The van der Waals surface area contributed by atoms with E-state index in [0.29, 0.717) is 29.7 Å². The Balaban J connectivity index is 1.29. The SMILES string of the molecule is O=C(CN1C2CCC1c1cncnc1C2)Nc1ccc2c(c1)NC(=O)CO2. The number of benzene rings is 1. The van der Waals surface area contributed by atoms with Gasteiger partial charge in [0.2, 0.25) is 5.91 Å². The second-order valence-electron chi connectivity index (χ2n) is 7.14. The highest BCUT2D eigenvalue weighted by Crippen LogP contribution is 2.42. The molecule has 3 aliphatic heterocycles. The third-order valence-electron chi connectivity index (χ3n) is 5.48. The molecule has 2 aromatic rings. The van der Waals surface area contributed by atoms with E-state index in [1.54, 1.807) is 24.5 Å². The molecule has 2 unspecified atom stereocenters. The van der Waals surface area contributed by atoms with Gasteiger partial charge in [0.05, 0.1) is 17.9 Å². The van der Waals surface area contributed by atoms with Gasteiger partial charge in [0.1, 0.15) is 12.1 Å². The summed E-state index contributed by atoms with van der Waals surface area (Å²) in [5.74, 6) is 0.338. The van der Waals surface area contributed by atoms with Crippen LogP contribution in [0.2, 0.25) is 0 Å². The molecule has 4 heterocycles. The molecular formula is C19H19N5O3. The fourth-order valence-electron chi connectivity index (χ4n) is 4.29. The van der Waals surface area contributed by atoms with Gasteiger partial charge in [-0.1, -0.05) is 0 Å². The molecule has 2 bridgehead atoms. The lowest BCUT2D eigenvalue weighted by Crippen LogP contribution is -2.42. The normalized spacial score (nSPS) is 23.0. The molecule has 8 nitrogen and oxygen atoms in total. The highest BCUT2D eigenvalue weighted by atomic mass is 16.5. The highest BCUT2D eigenvalue weighted by molar-refractivity contribution is 5.98. The summed E-state index contributed by atoms with van der Waals surface area (Å²) < 4.78 is 5.34. The van der Waals surface area contributed by atoms with Gasteiger partial charge < -0.3 is 15.4 Å². The number of hydrogen-bond donors (Lipinski definition) is 2. The summed E-state index contributed by atoms with van der Waals surface area (Å²) in [6, 6.07) is 5.81. The Bertz CT molecular complexity index is 931. The van der Waals surface area contributed by atoms with Crippen molar-refractivity contribution in [1.82, 2.24) is 14.9 Å². The predicted octanol–water partition coefficient (Wildman–Crippen LogP) is 1.51. The van der Waals surface area contributed by atoms with Gasteiger partial charge in [-0.05, 0) is 31.0 Å². The maximum absolute atomic E-state index is 12.6. The van der Waals surface area contributed by atoms with Gasteiger partial charge in [0, 0.05) is 36.0 Å². The van der Waals surface area contributed by atoms with Crippen molar-refractivity contribution in [3.05, 3.63) is 42.0 Å². The van der Waals surface area contributed by atoms with Crippen molar-refractivity contribution in [3.63, 3.8) is 0 Å². The first-order chi connectivity index (χ1) is 13.2. The lowest BCUT2D eigenvalue weighted by molar-refractivity contribution is -0.119. The van der Waals surface area contributed by atoms with Crippen LogP contribution in [-0.4, -0.2) is 45.9 Å². The van der Waals surface area contributed by atoms with E-state index in [1.807, 2.05) is 6.20 Å². The number of carbonyl (C=O) groups is 2. The van der Waals surface area contributed by atoms with Gasteiger partial charge in [0.15, 0.2) is 6.61 Å². The molecule has 1 fully saturated rings. The molecule has 27 heavy (non-hydrogen) atoms. The molecule has 2 atom stereocenters. The standard InChI is InChI=1S/C19H19N5O3/c25-18(22-11-1-4-17-15(5-11)23-19(26)9-27-17)8-24-12-2-3-16(24)13-7-20-10-21-14(13)6-12/h1,4-5,7,10,12,16H,2-3,6,8-9H2,(H,22,25)(H,23,26). The summed E-state index contributed by atoms with van der Waals surface area (Å²) in [7, 11) is 0. The van der Waals surface area contributed by atoms with Crippen molar-refractivity contribution in [2.45, 2.75) is 31.3 Å². The molecule has 1 saturated heterocycles. The van der Waals surface area contributed by atoms with E-state index in [1.165, 1.54) is 0 Å². The summed E-state index contributed by atoms with van der Waals surface area (Å²) in [6.45, 7) is 0.339. The van der Waals surface area contributed by atoms with Crippen LogP contribution < -0.4 is 15.4 Å². The number of aromatic nitrogens is 2. The number of fused-ring (bicyclic) bond motifs is 5. The minimum absolute atomic E-state index is 0.0155. The lowest BCUT2D eigenvalue weighted by atomic mass is 9.99. The Labute approximate surface area is 155 Å². The zero-order valence-corrected chi connectivity index (χ0v) is 14.6. The molecule has 0 spiro atoms. The van der Waals surface area contributed by atoms with E-state index < -0.39 is 0 Å². The molecule has 138 valence electrons. The van der Waals surface area contributed by atoms with Crippen molar-refractivity contribution < 1.29 is 14.3 Å². The first-order valence-corrected chi connectivity index (χ1v) is 9.08. The third-order valence-corrected chi connectivity index (χ3v) is 5.48. The van der Waals surface area contributed by atoms with E-state index >= 15 is 0 Å². The van der Waals surface area contributed by atoms with Gasteiger partial charge >= 0.3 is 0 Å². The number of carbonyl (C=O) groups excluding carboxylic acids is 2. The molecule has 0 saturated carbocycles. The van der Waals surface area contributed by atoms with Gasteiger partial charge in [-0.15, -0.1) is 0 Å². The molecule has 1 aromatic heterocycles. The quantitative estimate of drug-likeness (QED) is 0.856. The maximum Gasteiger partial charge on any atom is 0.262 e. The van der Waals surface area contributed by atoms with E-state index in [9.17, 15) is 9.59 Å². The van der Waals surface area contributed by atoms with Crippen LogP contribution in [0.5, 0.6) is 5.75 Å². The predicted molar refractivity (Wildman–Crippen MR) is 97.4 cm³/mol. The first-order valence-electron chi connectivity index (χ1n) is 9.08. The summed E-state index contributed by atoms with van der Waals surface area (Å²) in [4.78, 5) is 34.9. The first kappa shape index (κ1) is 16.2. The average Bonchev–Trinajstić information content (AvgIpc) is 2.93. The summed E-state index contributed by atoms with van der Waals surface area (Å²) >= 11 is 0. The monoisotopic (exact) mass is 365 g/mol. The molecule has 5 rings (SSSR count). The van der Waals surface area contributed by atoms with Crippen LogP contribution in [0.4, 0.5) is 11.4 Å². The molecular weight excluding hydrogens is 346 g/mol. The number of ether oxygens (including phenoxy) is 1. The number of nitrogens with one attached hydrogen (secondary N) is 2. The lowest BCUT2D eigenvalue weighted by Gasteiger charge is -2.34. The number of nitrogens with zero attached hydrogens (tertiary/aromatic N) is 3. The van der Waals surface area contributed by atoms with Crippen molar-refractivity contribution in [2.24, 2.45) is 0 Å². The Morgan fingerprint density at radius 2 is 2.30 bits per heavy atom. The molecule has 0 aliphatic carbocycles. The largest absolute Gasteiger partial charge is 0.482 e. The van der Waals surface area contributed by atoms with E-state index in [2.05, 4.69) is 25.5 Å². The summed E-state index contributed by atoms with van der Waals surface area (Å²) in [6.07, 6.45) is 6.44. The molecule has 8 heteroatoms. The maximum atomic E-state index is 12.6. The summed E-state index contributed by atoms with van der Waals surface area (Å²) in [5.41, 5.74) is 3.47. The van der Waals surface area contributed by atoms with Crippen LogP contribution in [0.1, 0.15) is 30.1 Å². The molecule has 2 amide bonds. The zero-order valence-electron chi connectivity index (χ0n) is 14.6. The Hall–Kier alpha value is -3.00. The van der Waals surface area contributed by atoms with Gasteiger partial charge in [0.25, 0.3) is 5.91 Å². The summed E-state index contributed by atoms with van der Waals surface area (Å²) in [5, 5.41) is 5.68. The second kappa shape index (κ2) is 6.31. The van der Waals surface area contributed by atoms with E-state index in [0.717, 1.165) is 30.5 Å². The molecule has 0 radical (unpaired) electrons. The topological polar surface area (TPSA) is 96.5 Å². The fourth-order valence-corrected chi connectivity index (χ4v) is 4.29. The number of amides is 2. The van der Waals surface area contributed by atoms with Crippen molar-refractivity contribution in [1.29, 1.82) is 0 Å². The Morgan fingerprint density at radius 1 is 1.37 bits per heavy atom. The van der Waals surface area contributed by atoms with Gasteiger partial charge in [-0.3, -0.25) is 14.5 Å². The van der Waals surface area contributed by atoms with Crippen LogP contribution in [0.25, 0.3) is 0 Å². The second-order valence-corrected chi connectivity index (χ2v) is 7.14. The Morgan fingerprint density at radius 3 is 3.22 bits per heavy atom. The van der Waals surface area contributed by atoms with Crippen molar-refractivity contribution in [2.75, 3.05) is 23.8 Å². The van der Waals surface area contributed by atoms with Gasteiger partial charge in [-0.25, -0.2) is 9.97 Å². The van der Waals surface area contributed by atoms with Crippen LogP contribution in [0.15, 0.2) is 30.7 Å². The van der Waals surface area contributed by atoms with Gasteiger partial charge in [-0.2, -0.15) is 0 Å². The Kier molecular flexibility index (Phi) is 3.78. The van der Waals surface area contributed by atoms with Crippen molar-refractivity contribution in [3.8, 4) is 5.75 Å². The minimum atomic E-state index is -0.197. The van der Waals surface area contributed by atoms with Crippen molar-refractivity contribution >= 4 is 23.2 Å². The van der Waals surface area contributed by atoms with E-state index in [4.69, 9.17) is 4.74 Å². The zero-order chi connectivity index (χ0) is 18.4. The third kappa shape index (κ3) is 2.91. The number of hydrogen-bond acceptors (Lipinski definition) is 6. The smallest absolute Gasteiger partial charge is 0.262 e. The van der Waals surface area contributed by atoms with E-state index in [-0.39, 0.29) is 24.5 Å². The fraction of sp³-hybridized carbons (Fsp3) is 0.368. The number of rotatable bonds is 3. The van der Waals surface area contributed by atoms with Crippen LogP contribution in [0.3, 0.4) is 0 Å². The van der Waals surface area contributed by atoms with Crippen LogP contribution in [-0.2, 0) is 16.0 Å². The molecule has 3 aliphatic rings.